The van der Waals surface area contributed by atoms with E-state index >= 15 is 0 Å². The number of phenolic OH excluding ortho intramolecular Hbond substituents is 1. The molecule has 0 saturated carbocycles. The first-order valence-corrected chi connectivity index (χ1v) is 6.37. The second kappa shape index (κ2) is 5.18. The Morgan fingerprint density at radius 3 is 2.67 bits per heavy atom. The minimum absolute atomic E-state index is 0.206. The maximum Gasteiger partial charge on any atom is 0.358 e. The first-order chi connectivity index (χ1) is 8.61. The van der Waals surface area contributed by atoms with Crippen molar-refractivity contribution in [2.45, 2.75) is 13.8 Å². The van der Waals surface area contributed by atoms with Crippen LogP contribution in [0.4, 0.5) is 0 Å². The molecule has 2 rings (SSSR count). The molecule has 0 aliphatic carbocycles. The van der Waals surface area contributed by atoms with E-state index in [0.717, 1.165) is 15.4 Å². The zero-order chi connectivity index (χ0) is 13.1. The van der Waals surface area contributed by atoms with Crippen molar-refractivity contribution < 1.29 is 14.6 Å². The molecule has 0 unspecified atom stereocenters. The van der Waals surface area contributed by atoms with Gasteiger partial charge in [-0.05, 0) is 38.1 Å². The van der Waals surface area contributed by atoms with Gasteiger partial charge in [-0.25, -0.2) is 9.78 Å². The van der Waals surface area contributed by atoms with Crippen molar-refractivity contribution in [1.82, 2.24) is 4.98 Å². The highest BCUT2D eigenvalue weighted by atomic mass is 32.1. The van der Waals surface area contributed by atoms with E-state index < -0.39 is 5.97 Å². The first kappa shape index (κ1) is 12.6. The Morgan fingerprint density at radius 1 is 1.39 bits per heavy atom. The number of aromatic hydroxyl groups is 1. The van der Waals surface area contributed by atoms with Gasteiger partial charge in [0.05, 0.1) is 6.61 Å². The van der Waals surface area contributed by atoms with Gasteiger partial charge in [-0.3, -0.25) is 0 Å². The fourth-order valence-corrected chi connectivity index (χ4v) is 2.42. The second-order valence-corrected chi connectivity index (χ2v) is 4.89. The summed E-state index contributed by atoms with van der Waals surface area (Å²) in [4.78, 5) is 16.8. The Bertz CT molecular complexity index is 560. The van der Waals surface area contributed by atoms with Gasteiger partial charge < -0.3 is 9.84 Å². The maximum absolute atomic E-state index is 11.6. The number of hydrogen-bond donors (Lipinski definition) is 1. The molecule has 1 N–H and O–H groups in total. The van der Waals surface area contributed by atoms with E-state index in [9.17, 15) is 9.90 Å². The number of thiazole rings is 1. The molecule has 0 atom stereocenters. The predicted octanol–water partition coefficient (Wildman–Crippen LogP) is 3.00. The highest BCUT2D eigenvalue weighted by molar-refractivity contribution is 7.15. The summed E-state index contributed by atoms with van der Waals surface area (Å²) < 4.78 is 4.94. The average Bonchev–Trinajstić information content (AvgIpc) is 2.72. The third-order valence-corrected chi connectivity index (χ3v) is 3.40. The Hall–Kier alpha value is -1.88. The molecular weight excluding hydrogens is 250 g/mol. The van der Waals surface area contributed by atoms with Gasteiger partial charge in [-0.1, -0.05) is 0 Å². The van der Waals surface area contributed by atoms with Gasteiger partial charge in [0, 0.05) is 10.4 Å². The quantitative estimate of drug-likeness (QED) is 0.865. The highest BCUT2D eigenvalue weighted by Gasteiger charge is 2.17. The molecule has 0 radical (unpaired) electrons. The number of rotatable bonds is 3. The van der Waals surface area contributed by atoms with Crippen LogP contribution in [0.3, 0.4) is 0 Å². The van der Waals surface area contributed by atoms with Crippen molar-refractivity contribution in [3.05, 3.63) is 34.8 Å². The topological polar surface area (TPSA) is 59.4 Å². The number of ether oxygens (including phenoxy) is 1. The number of aromatic nitrogens is 1. The molecule has 0 aliphatic heterocycles. The summed E-state index contributed by atoms with van der Waals surface area (Å²) in [6, 6.07) is 6.72. The van der Waals surface area contributed by atoms with Crippen LogP contribution in [-0.4, -0.2) is 22.7 Å². The lowest BCUT2D eigenvalue weighted by Gasteiger charge is -1.98. The molecule has 2 aromatic rings. The fraction of sp³-hybridized carbons (Fsp3) is 0.231. The van der Waals surface area contributed by atoms with Gasteiger partial charge in [0.1, 0.15) is 10.8 Å². The number of phenols is 1. The third kappa shape index (κ3) is 2.51. The number of hydrogen-bond acceptors (Lipinski definition) is 5. The zero-order valence-electron chi connectivity index (χ0n) is 10.1. The van der Waals surface area contributed by atoms with Crippen LogP contribution in [0.5, 0.6) is 5.75 Å². The monoisotopic (exact) mass is 263 g/mol. The molecule has 1 aromatic heterocycles. The summed E-state index contributed by atoms with van der Waals surface area (Å²) in [5.74, 6) is -0.186. The van der Waals surface area contributed by atoms with Crippen LogP contribution in [0, 0.1) is 6.92 Å². The molecule has 0 bridgehead atoms. The lowest BCUT2D eigenvalue weighted by Crippen LogP contribution is -2.06. The van der Waals surface area contributed by atoms with Gasteiger partial charge in [-0.2, -0.15) is 0 Å². The number of carbonyl (C=O) groups excluding carboxylic acids is 1. The van der Waals surface area contributed by atoms with Gasteiger partial charge >= 0.3 is 5.97 Å². The largest absolute Gasteiger partial charge is 0.508 e. The summed E-state index contributed by atoms with van der Waals surface area (Å²) in [5.41, 5.74) is 1.24. The van der Waals surface area contributed by atoms with E-state index in [1.807, 2.05) is 6.92 Å². The van der Waals surface area contributed by atoms with Crippen molar-refractivity contribution in [2.24, 2.45) is 0 Å². The summed E-state index contributed by atoms with van der Waals surface area (Å²) >= 11 is 1.43. The molecule has 5 heteroatoms. The van der Waals surface area contributed by atoms with Crippen LogP contribution in [-0.2, 0) is 4.74 Å². The number of aryl methyl sites for hydroxylation is 1. The Morgan fingerprint density at radius 2 is 2.06 bits per heavy atom. The van der Waals surface area contributed by atoms with Crippen LogP contribution in [0.15, 0.2) is 24.3 Å². The molecule has 0 aliphatic rings. The third-order valence-electron chi connectivity index (χ3n) is 2.38. The van der Waals surface area contributed by atoms with E-state index in [0.29, 0.717) is 12.3 Å². The summed E-state index contributed by atoms with van der Waals surface area (Å²) in [7, 11) is 0. The summed E-state index contributed by atoms with van der Waals surface area (Å²) in [6.45, 7) is 3.94. The molecule has 1 heterocycles. The van der Waals surface area contributed by atoms with Crippen molar-refractivity contribution in [3.8, 4) is 16.3 Å². The molecule has 94 valence electrons. The zero-order valence-corrected chi connectivity index (χ0v) is 11.0. The number of esters is 1. The average molecular weight is 263 g/mol. The van der Waals surface area contributed by atoms with Crippen LogP contribution in [0.1, 0.15) is 22.3 Å². The molecule has 1 aromatic carbocycles. The lowest BCUT2D eigenvalue weighted by atomic mass is 10.2. The van der Waals surface area contributed by atoms with Crippen LogP contribution >= 0.6 is 11.3 Å². The van der Waals surface area contributed by atoms with E-state index in [-0.39, 0.29) is 5.75 Å². The van der Waals surface area contributed by atoms with E-state index in [1.54, 1.807) is 31.2 Å². The first-order valence-electron chi connectivity index (χ1n) is 5.55. The molecule has 0 fully saturated rings. The minimum atomic E-state index is -0.392. The number of nitrogens with zero attached hydrogens (tertiary/aromatic N) is 1. The lowest BCUT2D eigenvalue weighted by molar-refractivity contribution is 0.0519. The van der Waals surface area contributed by atoms with Gasteiger partial charge in [-0.15, -0.1) is 11.3 Å². The molecule has 0 saturated heterocycles. The standard InChI is InChI=1S/C13H13NO3S/c1-3-17-13(16)11-8(2)18-12(14-11)9-4-6-10(15)7-5-9/h4-7,15H,3H2,1-2H3. The van der Waals surface area contributed by atoms with Crippen molar-refractivity contribution in [1.29, 1.82) is 0 Å². The summed E-state index contributed by atoms with van der Waals surface area (Å²) in [5, 5.41) is 9.98. The molecular formula is C13H13NO3S. The maximum atomic E-state index is 11.6. The van der Waals surface area contributed by atoms with Crippen molar-refractivity contribution in [2.75, 3.05) is 6.61 Å². The number of carbonyl (C=O) groups is 1. The van der Waals surface area contributed by atoms with Gasteiger partial charge in [0.25, 0.3) is 0 Å². The fourth-order valence-electron chi connectivity index (χ4n) is 1.51. The summed E-state index contributed by atoms with van der Waals surface area (Å²) in [6.07, 6.45) is 0. The second-order valence-electron chi connectivity index (χ2n) is 3.69. The van der Waals surface area contributed by atoms with Crippen LogP contribution < -0.4 is 0 Å². The minimum Gasteiger partial charge on any atom is -0.508 e. The van der Waals surface area contributed by atoms with Crippen molar-refractivity contribution in [3.63, 3.8) is 0 Å². The Balaban J connectivity index is 2.34. The molecule has 0 amide bonds. The predicted molar refractivity (Wildman–Crippen MR) is 69.9 cm³/mol. The van der Waals surface area contributed by atoms with E-state index in [4.69, 9.17) is 4.74 Å². The molecule has 18 heavy (non-hydrogen) atoms. The van der Waals surface area contributed by atoms with Gasteiger partial charge in [0.2, 0.25) is 0 Å². The smallest absolute Gasteiger partial charge is 0.358 e. The SMILES string of the molecule is CCOC(=O)c1nc(-c2ccc(O)cc2)sc1C. The van der Waals surface area contributed by atoms with E-state index in [2.05, 4.69) is 4.98 Å². The Kier molecular flexibility index (Phi) is 3.62. The van der Waals surface area contributed by atoms with Gasteiger partial charge in [0.15, 0.2) is 5.69 Å². The number of benzene rings is 1. The van der Waals surface area contributed by atoms with E-state index in [1.165, 1.54) is 11.3 Å². The van der Waals surface area contributed by atoms with Crippen LogP contribution in [0.25, 0.3) is 10.6 Å². The molecule has 4 nitrogen and oxygen atoms in total. The van der Waals surface area contributed by atoms with Crippen LogP contribution in [0.2, 0.25) is 0 Å². The molecule has 0 spiro atoms. The Labute approximate surface area is 109 Å². The normalized spacial score (nSPS) is 10.3. The van der Waals surface area contributed by atoms with Crippen molar-refractivity contribution >= 4 is 17.3 Å². The highest BCUT2D eigenvalue weighted by Crippen LogP contribution is 2.28.